The van der Waals surface area contributed by atoms with Gasteiger partial charge in [-0.25, -0.2) is 9.07 Å². The van der Waals surface area contributed by atoms with Gasteiger partial charge in [0.25, 0.3) is 0 Å². The molecule has 0 amide bonds. The predicted molar refractivity (Wildman–Crippen MR) is 91.2 cm³/mol. The summed E-state index contributed by atoms with van der Waals surface area (Å²) in [6.07, 6.45) is 3.64. The zero-order valence-corrected chi connectivity index (χ0v) is 13.7. The number of aromatic nitrogens is 2. The summed E-state index contributed by atoms with van der Waals surface area (Å²) >= 11 is 0. The summed E-state index contributed by atoms with van der Waals surface area (Å²) in [6, 6.07) is 8.18. The fraction of sp³-hybridized carbons (Fsp3) is 0.412. The van der Waals surface area contributed by atoms with Crippen LogP contribution in [0.15, 0.2) is 41.5 Å². The molecule has 5 nitrogen and oxygen atoms in total. The highest BCUT2D eigenvalue weighted by molar-refractivity contribution is 5.77. The smallest absolute Gasteiger partial charge is 0.188 e. The van der Waals surface area contributed by atoms with Gasteiger partial charge in [0.2, 0.25) is 0 Å². The Balaban J connectivity index is 1.80. The van der Waals surface area contributed by atoms with Crippen molar-refractivity contribution >= 4 is 5.96 Å². The maximum absolute atomic E-state index is 12.9. The van der Waals surface area contributed by atoms with Gasteiger partial charge in [-0.3, -0.25) is 4.99 Å². The summed E-state index contributed by atoms with van der Waals surface area (Å²) in [5.74, 6) is 0.850. The molecule has 0 saturated heterocycles. The molecule has 0 atom stereocenters. The molecule has 1 aromatic heterocycles. The lowest BCUT2D eigenvalue weighted by atomic mass is 10.1. The topological polar surface area (TPSA) is 68.2 Å². The average Bonchev–Trinajstić information content (AvgIpc) is 2.96. The molecule has 0 aliphatic rings. The zero-order chi connectivity index (χ0) is 16.7. The van der Waals surface area contributed by atoms with Crippen molar-refractivity contribution in [1.82, 2.24) is 15.1 Å². The minimum atomic E-state index is -0.252. The van der Waals surface area contributed by atoms with Crippen LogP contribution < -0.4 is 11.1 Å². The number of nitrogens with two attached hydrogens (primary N) is 1. The molecule has 2 rings (SSSR count). The normalized spacial score (nSPS) is 11.9. The minimum absolute atomic E-state index is 0.252. The molecule has 0 saturated carbocycles. The van der Waals surface area contributed by atoms with Gasteiger partial charge in [0.15, 0.2) is 5.96 Å². The Bertz CT molecular complexity index is 631. The maximum atomic E-state index is 12.9. The summed E-state index contributed by atoms with van der Waals surface area (Å²) < 4.78 is 14.7. The lowest BCUT2D eigenvalue weighted by Gasteiger charge is -2.05. The number of aliphatic imine (C=N–C) groups is 1. The van der Waals surface area contributed by atoms with Gasteiger partial charge < -0.3 is 11.1 Å². The van der Waals surface area contributed by atoms with Crippen LogP contribution in [-0.4, -0.2) is 28.8 Å². The van der Waals surface area contributed by atoms with Gasteiger partial charge in [0.05, 0.1) is 11.4 Å². The molecular weight excluding hydrogens is 293 g/mol. The Morgan fingerprint density at radius 3 is 2.74 bits per heavy atom. The zero-order valence-electron chi connectivity index (χ0n) is 13.7. The largest absolute Gasteiger partial charge is 0.370 e. The van der Waals surface area contributed by atoms with E-state index >= 15 is 0 Å². The van der Waals surface area contributed by atoms with Crippen molar-refractivity contribution in [1.29, 1.82) is 0 Å². The van der Waals surface area contributed by atoms with E-state index in [0.717, 1.165) is 30.8 Å². The molecule has 0 spiro atoms. The average molecular weight is 317 g/mol. The summed E-state index contributed by atoms with van der Waals surface area (Å²) in [7, 11) is 0. The Morgan fingerprint density at radius 1 is 1.30 bits per heavy atom. The second-order valence-corrected chi connectivity index (χ2v) is 5.85. The number of halogens is 1. The number of guanidine groups is 1. The van der Waals surface area contributed by atoms with Crippen molar-refractivity contribution in [2.24, 2.45) is 16.6 Å². The van der Waals surface area contributed by atoms with Crippen molar-refractivity contribution < 1.29 is 4.39 Å². The van der Waals surface area contributed by atoms with E-state index in [1.54, 1.807) is 16.8 Å². The highest BCUT2D eigenvalue weighted by Crippen LogP contribution is 2.09. The number of benzene rings is 1. The second kappa shape index (κ2) is 8.31. The first-order valence-corrected chi connectivity index (χ1v) is 7.89. The number of hydrogen-bond donors (Lipinski definition) is 2. The highest BCUT2D eigenvalue weighted by atomic mass is 19.1. The SMILES string of the molecule is CC(C)CCN=C(N)NCCc1ccn(-c2ccc(F)cc2)n1. The maximum Gasteiger partial charge on any atom is 0.188 e. The molecule has 0 aliphatic carbocycles. The number of nitrogens with one attached hydrogen (secondary N) is 1. The van der Waals surface area contributed by atoms with Gasteiger partial charge in [-0.05, 0) is 42.7 Å². The molecule has 1 heterocycles. The second-order valence-electron chi connectivity index (χ2n) is 5.85. The van der Waals surface area contributed by atoms with E-state index in [-0.39, 0.29) is 5.82 Å². The Labute approximate surface area is 136 Å². The number of rotatable bonds is 7. The summed E-state index contributed by atoms with van der Waals surface area (Å²) in [5, 5.41) is 7.56. The molecule has 6 heteroatoms. The first-order chi connectivity index (χ1) is 11.0. The van der Waals surface area contributed by atoms with Crippen molar-refractivity contribution in [3.8, 4) is 5.69 Å². The Hall–Kier alpha value is -2.37. The van der Waals surface area contributed by atoms with E-state index in [4.69, 9.17) is 5.73 Å². The van der Waals surface area contributed by atoms with Gasteiger partial charge in [-0.15, -0.1) is 0 Å². The van der Waals surface area contributed by atoms with Crippen LogP contribution in [0, 0.1) is 11.7 Å². The molecule has 3 N–H and O–H groups in total. The summed E-state index contributed by atoms with van der Waals surface area (Å²) in [4.78, 5) is 4.28. The molecule has 0 aliphatic heterocycles. The van der Waals surface area contributed by atoms with E-state index in [1.165, 1.54) is 12.1 Å². The van der Waals surface area contributed by atoms with Crippen LogP contribution in [-0.2, 0) is 6.42 Å². The van der Waals surface area contributed by atoms with E-state index in [0.29, 0.717) is 18.4 Å². The Kier molecular flexibility index (Phi) is 6.14. The van der Waals surface area contributed by atoms with Gasteiger partial charge in [-0.1, -0.05) is 13.8 Å². The lowest BCUT2D eigenvalue weighted by molar-refractivity contribution is 0.595. The molecule has 0 bridgehead atoms. The van der Waals surface area contributed by atoms with Crippen LogP contribution in [0.1, 0.15) is 26.0 Å². The first kappa shape index (κ1) is 17.0. The number of nitrogens with zero attached hydrogens (tertiary/aromatic N) is 3. The highest BCUT2D eigenvalue weighted by Gasteiger charge is 2.02. The molecule has 0 unspecified atom stereocenters. The third kappa shape index (κ3) is 5.73. The van der Waals surface area contributed by atoms with Crippen LogP contribution in [0.25, 0.3) is 5.69 Å². The van der Waals surface area contributed by atoms with Crippen LogP contribution in [0.4, 0.5) is 4.39 Å². The first-order valence-electron chi connectivity index (χ1n) is 7.89. The molecule has 1 aromatic carbocycles. The predicted octanol–water partition coefficient (Wildman–Crippen LogP) is 2.50. The standard InChI is InChI=1S/C17H24FN5/c1-13(2)7-10-20-17(19)21-11-8-15-9-12-23(22-15)16-5-3-14(18)4-6-16/h3-6,9,12-13H,7-8,10-11H2,1-2H3,(H3,19,20,21). The van der Waals surface area contributed by atoms with E-state index < -0.39 is 0 Å². The van der Waals surface area contributed by atoms with Crippen LogP contribution in [0.5, 0.6) is 0 Å². The van der Waals surface area contributed by atoms with Crippen molar-refractivity contribution in [3.63, 3.8) is 0 Å². The van der Waals surface area contributed by atoms with Crippen molar-refractivity contribution in [2.45, 2.75) is 26.7 Å². The van der Waals surface area contributed by atoms with Crippen LogP contribution in [0.3, 0.4) is 0 Å². The molecule has 0 fully saturated rings. The Morgan fingerprint density at radius 2 is 2.04 bits per heavy atom. The molecule has 0 radical (unpaired) electrons. The van der Waals surface area contributed by atoms with Crippen molar-refractivity contribution in [3.05, 3.63) is 48.0 Å². The van der Waals surface area contributed by atoms with E-state index in [1.807, 2.05) is 12.3 Å². The molecular formula is C17H24FN5. The fourth-order valence-electron chi connectivity index (χ4n) is 2.05. The van der Waals surface area contributed by atoms with E-state index in [2.05, 4.69) is 29.3 Å². The molecule has 2 aromatic rings. The monoisotopic (exact) mass is 317 g/mol. The minimum Gasteiger partial charge on any atom is -0.370 e. The van der Waals surface area contributed by atoms with Gasteiger partial charge >= 0.3 is 0 Å². The number of hydrogen-bond acceptors (Lipinski definition) is 2. The van der Waals surface area contributed by atoms with Crippen LogP contribution in [0.2, 0.25) is 0 Å². The quantitative estimate of drug-likeness (QED) is 0.609. The lowest BCUT2D eigenvalue weighted by Crippen LogP contribution is -2.33. The third-order valence-corrected chi connectivity index (χ3v) is 3.41. The van der Waals surface area contributed by atoms with Gasteiger partial charge in [-0.2, -0.15) is 5.10 Å². The summed E-state index contributed by atoms with van der Waals surface area (Å²) in [6.45, 7) is 5.75. The third-order valence-electron chi connectivity index (χ3n) is 3.41. The van der Waals surface area contributed by atoms with Crippen molar-refractivity contribution in [2.75, 3.05) is 13.1 Å². The van der Waals surface area contributed by atoms with Gasteiger partial charge in [0, 0.05) is 25.7 Å². The van der Waals surface area contributed by atoms with E-state index in [9.17, 15) is 4.39 Å². The molecule has 23 heavy (non-hydrogen) atoms. The van der Waals surface area contributed by atoms with Gasteiger partial charge in [0.1, 0.15) is 5.82 Å². The molecule has 124 valence electrons. The van der Waals surface area contributed by atoms with Crippen LogP contribution >= 0.6 is 0 Å². The summed E-state index contributed by atoms with van der Waals surface area (Å²) in [5.41, 5.74) is 7.59. The fourth-order valence-corrected chi connectivity index (χ4v) is 2.05.